The molecule has 6 nitrogen and oxygen atoms in total. The first kappa shape index (κ1) is 10.6. The molecule has 0 bridgehead atoms. The number of rotatable bonds is 2. The summed E-state index contributed by atoms with van der Waals surface area (Å²) in [7, 11) is 0. The molecule has 2 aromatic heterocycles. The molecule has 2 aromatic rings. The first-order chi connectivity index (χ1) is 7.66. The van der Waals surface area contributed by atoms with Crippen LogP contribution in [0.25, 0.3) is 0 Å². The fourth-order valence-corrected chi connectivity index (χ4v) is 1.25. The van der Waals surface area contributed by atoms with Gasteiger partial charge in [0.15, 0.2) is 11.0 Å². The number of carbonyl (C=O) groups excluding carboxylic acids is 1. The third-order valence-corrected chi connectivity index (χ3v) is 2.15. The zero-order valence-electron chi connectivity index (χ0n) is 8.36. The summed E-state index contributed by atoms with van der Waals surface area (Å²) in [5.74, 6) is 0.0536. The Kier molecular flexibility index (Phi) is 2.82. The molecule has 0 aromatic carbocycles. The summed E-state index contributed by atoms with van der Waals surface area (Å²) in [6, 6.07) is 3.12. The molecule has 16 heavy (non-hydrogen) atoms. The van der Waals surface area contributed by atoms with Crippen molar-refractivity contribution in [3.05, 3.63) is 34.7 Å². The third-order valence-electron chi connectivity index (χ3n) is 1.95. The lowest BCUT2D eigenvalue weighted by Crippen LogP contribution is -2.13. The maximum absolute atomic E-state index is 11.7. The molecule has 82 valence electrons. The average Bonchev–Trinajstić information content (AvgIpc) is 2.68. The number of aromatic nitrogens is 4. The number of carbonyl (C=O) groups is 1. The van der Waals surface area contributed by atoms with Crippen LogP contribution in [0.5, 0.6) is 0 Å². The Morgan fingerprint density at radius 3 is 2.81 bits per heavy atom. The number of aryl methyl sites for hydroxylation is 1. The second kappa shape index (κ2) is 4.28. The van der Waals surface area contributed by atoms with Crippen molar-refractivity contribution in [3.8, 4) is 0 Å². The van der Waals surface area contributed by atoms with E-state index in [9.17, 15) is 4.79 Å². The van der Waals surface area contributed by atoms with E-state index < -0.39 is 0 Å². The molecule has 0 aliphatic rings. The van der Waals surface area contributed by atoms with Gasteiger partial charge in [-0.05, 0) is 19.1 Å². The SMILES string of the molecule is Cc1[nH]ncc1C(=O)Nc1ccc(Cl)nn1. The minimum absolute atomic E-state index is 0.275. The van der Waals surface area contributed by atoms with Crippen LogP contribution in [0.4, 0.5) is 5.82 Å². The van der Waals surface area contributed by atoms with Gasteiger partial charge in [0.1, 0.15) is 0 Å². The van der Waals surface area contributed by atoms with Crippen molar-refractivity contribution in [1.82, 2.24) is 20.4 Å². The first-order valence-electron chi connectivity index (χ1n) is 4.47. The summed E-state index contributed by atoms with van der Waals surface area (Å²) in [6.45, 7) is 1.76. The average molecular weight is 238 g/mol. The molecule has 2 heterocycles. The van der Waals surface area contributed by atoms with Crippen LogP contribution in [0.2, 0.25) is 5.15 Å². The molecule has 0 radical (unpaired) electrons. The number of halogens is 1. The molecule has 0 unspecified atom stereocenters. The molecular weight excluding hydrogens is 230 g/mol. The van der Waals surface area contributed by atoms with Crippen LogP contribution in [0.3, 0.4) is 0 Å². The van der Waals surface area contributed by atoms with Crippen LogP contribution in [0.1, 0.15) is 16.1 Å². The number of nitrogens with one attached hydrogen (secondary N) is 2. The number of hydrogen-bond acceptors (Lipinski definition) is 4. The van der Waals surface area contributed by atoms with Gasteiger partial charge in [-0.15, -0.1) is 10.2 Å². The predicted octanol–water partition coefficient (Wildman–Crippen LogP) is 1.41. The van der Waals surface area contributed by atoms with Crippen molar-refractivity contribution in [1.29, 1.82) is 0 Å². The number of aromatic amines is 1. The molecule has 0 spiro atoms. The predicted molar refractivity (Wildman–Crippen MR) is 58.3 cm³/mol. The highest BCUT2D eigenvalue weighted by atomic mass is 35.5. The van der Waals surface area contributed by atoms with Crippen LogP contribution in [0.15, 0.2) is 18.3 Å². The summed E-state index contributed by atoms with van der Waals surface area (Å²) >= 11 is 5.57. The van der Waals surface area contributed by atoms with Gasteiger partial charge >= 0.3 is 0 Å². The smallest absolute Gasteiger partial charge is 0.260 e. The Labute approximate surface area is 96.0 Å². The molecule has 0 atom stereocenters. The third kappa shape index (κ3) is 2.17. The van der Waals surface area contributed by atoms with Gasteiger partial charge in [-0.1, -0.05) is 11.6 Å². The number of hydrogen-bond donors (Lipinski definition) is 2. The lowest BCUT2D eigenvalue weighted by atomic mass is 10.2. The highest BCUT2D eigenvalue weighted by molar-refractivity contribution is 6.29. The van der Waals surface area contributed by atoms with E-state index in [2.05, 4.69) is 25.7 Å². The Bertz CT molecular complexity index is 507. The van der Waals surface area contributed by atoms with E-state index in [0.717, 1.165) is 0 Å². The Morgan fingerprint density at radius 2 is 2.25 bits per heavy atom. The fourth-order valence-electron chi connectivity index (χ4n) is 1.15. The van der Waals surface area contributed by atoms with Crippen LogP contribution >= 0.6 is 11.6 Å². The molecular formula is C9H8ClN5O. The van der Waals surface area contributed by atoms with E-state index in [4.69, 9.17) is 11.6 Å². The van der Waals surface area contributed by atoms with E-state index in [1.54, 1.807) is 19.1 Å². The molecule has 0 fully saturated rings. The van der Waals surface area contributed by atoms with Crippen LogP contribution in [-0.4, -0.2) is 26.3 Å². The van der Waals surface area contributed by atoms with Gasteiger partial charge in [0.05, 0.1) is 11.8 Å². The van der Waals surface area contributed by atoms with Gasteiger partial charge < -0.3 is 5.32 Å². The lowest BCUT2D eigenvalue weighted by Gasteiger charge is -2.01. The zero-order chi connectivity index (χ0) is 11.5. The summed E-state index contributed by atoms with van der Waals surface area (Å²) in [4.78, 5) is 11.7. The minimum Gasteiger partial charge on any atom is -0.305 e. The van der Waals surface area contributed by atoms with E-state index in [0.29, 0.717) is 17.1 Å². The van der Waals surface area contributed by atoms with Gasteiger partial charge in [-0.25, -0.2) is 0 Å². The van der Waals surface area contributed by atoms with Gasteiger partial charge in [0.25, 0.3) is 5.91 Å². The number of nitrogens with zero attached hydrogens (tertiary/aromatic N) is 3. The Balaban J connectivity index is 2.14. The lowest BCUT2D eigenvalue weighted by molar-refractivity contribution is 0.102. The van der Waals surface area contributed by atoms with Gasteiger partial charge in [-0.3, -0.25) is 9.89 Å². The van der Waals surface area contributed by atoms with E-state index in [1.165, 1.54) is 6.20 Å². The quantitative estimate of drug-likeness (QED) is 0.827. The molecule has 7 heteroatoms. The standard InChI is InChI=1S/C9H8ClN5O/c1-5-6(4-11-13-5)9(16)12-8-3-2-7(10)14-15-8/h2-4H,1H3,(H,11,13)(H,12,15,16). The highest BCUT2D eigenvalue weighted by Crippen LogP contribution is 2.09. The maximum Gasteiger partial charge on any atom is 0.260 e. The first-order valence-corrected chi connectivity index (χ1v) is 4.85. The van der Waals surface area contributed by atoms with Crippen LogP contribution < -0.4 is 5.32 Å². The number of amides is 1. The molecule has 2 rings (SSSR count). The maximum atomic E-state index is 11.7. The largest absolute Gasteiger partial charge is 0.305 e. The fraction of sp³-hybridized carbons (Fsp3) is 0.111. The normalized spacial score (nSPS) is 10.1. The van der Waals surface area contributed by atoms with Gasteiger partial charge in [0.2, 0.25) is 0 Å². The Hall–Kier alpha value is -1.95. The number of anilines is 1. The van der Waals surface area contributed by atoms with E-state index in [-0.39, 0.29) is 11.1 Å². The summed E-state index contributed by atoms with van der Waals surface area (Å²) < 4.78 is 0. The topological polar surface area (TPSA) is 83.6 Å². The molecule has 0 saturated carbocycles. The second-order valence-corrected chi connectivity index (χ2v) is 3.49. The van der Waals surface area contributed by atoms with Crippen molar-refractivity contribution in [2.75, 3.05) is 5.32 Å². The highest BCUT2D eigenvalue weighted by Gasteiger charge is 2.11. The van der Waals surface area contributed by atoms with E-state index >= 15 is 0 Å². The molecule has 1 amide bonds. The summed E-state index contributed by atoms with van der Waals surface area (Å²) in [5, 5.41) is 16.6. The van der Waals surface area contributed by atoms with Gasteiger partial charge in [-0.2, -0.15) is 5.10 Å². The van der Waals surface area contributed by atoms with Gasteiger partial charge in [0, 0.05) is 5.69 Å². The van der Waals surface area contributed by atoms with Crippen molar-refractivity contribution < 1.29 is 4.79 Å². The second-order valence-electron chi connectivity index (χ2n) is 3.10. The monoisotopic (exact) mass is 237 g/mol. The molecule has 2 N–H and O–H groups in total. The molecule has 0 aliphatic heterocycles. The van der Waals surface area contributed by atoms with E-state index in [1.807, 2.05) is 0 Å². The summed E-state index contributed by atoms with van der Waals surface area (Å²) in [5.41, 5.74) is 1.16. The van der Waals surface area contributed by atoms with Crippen molar-refractivity contribution >= 4 is 23.3 Å². The van der Waals surface area contributed by atoms with Crippen LogP contribution in [0, 0.1) is 6.92 Å². The number of H-pyrrole nitrogens is 1. The van der Waals surface area contributed by atoms with Crippen molar-refractivity contribution in [3.63, 3.8) is 0 Å². The minimum atomic E-state index is -0.289. The van der Waals surface area contributed by atoms with Crippen LogP contribution in [-0.2, 0) is 0 Å². The van der Waals surface area contributed by atoms with Crippen molar-refractivity contribution in [2.24, 2.45) is 0 Å². The Morgan fingerprint density at radius 1 is 1.44 bits per heavy atom. The molecule has 0 aliphatic carbocycles. The van der Waals surface area contributed by atoms with Crippen molar-refractivity contribution in [2.45, 2.75) is 6.92 Å². The molecule has 0 saturated heterocycles. The summed E-state index contributed by atoms with van der Waals surface area (Å²) in [6.07, 6.45) is 1.45. The zero-order valence-corrected chi connectivity index (χ0v) is 9.12.